The molecule has 17 heavy (non-hydrogen) atoms. The van der Waals surface area contributed by atoms with Crippen molar-refractivity contribution in [1.29, 1.82) is 0 Å². The summed E-state index contributed by atoms with van der Waals surface area (Å²) in [5, 5.41) is 1.72. The number of nitrogens with one attached hydrogen (secondary N) is 1. The van der Waals surface area contributed by atoms with Gasteiger partial charge >= 0.3 is 0 Å². The lowest BCUT2D eigenvalue weighted by molar-refractivity contribution is 0.628. The number of aromatic nitrogens is 1. The molecule has 0 saturated carbocycles. The minimum absolute atomic E-state index is 0.237. The third-order valence-corrected chi connectivity index (χ3v) is 2.95. The Morgan fingerprint density at radius 1 is 1.00 bits per heavy atom. The summed E-state index contributed by atoms with van der Waals surface area (Å²) in [7, 11) is 0. The highest BCUT2D eigenvalue weighted by molar-refractivity contribution is 6.31. The van der Waals surface area contributed by atoms with Gasteiger partial charge in [-0.15, -0.1) is 0 Å². The molecule has 84 valence electrons. The summed E-state index contributed by atoms with van der Waals surface area (Å²) in [6.45, 7) is 0. The number of benzene rings is 2. The fourth-order valence-corrected chi connectivity index (χ4v) is 2.10. The molecular formula is C14H9ClFN. The van der Waals surface area contributed by atoms with Gasteiger partial charge in [0.2, 0.25) is 0 Å². The summed E-state index contributed by atoms with van der Waals surface area (Å²) in [4.78, 5) is 3.24. The van der Waals surface area contributed by atoms with Crippen molar-refractivity contribution in [1.82, 2.24) is 4.98 Å². The molecule has 3 aromatic rings. The van der Waals surface area contributed by atoms with Gasteiger partial charge in [-0.1, -0.05) is 23.7 Å². The van der Waals surface area contributed by atoms with Gasteiger partial charge in [0, 0.05) is 27.2 Å². The van der Waals surface area contributed by atoms with E-state index in [2.05, 4.69) is 4.98 Å². The molecule has 0 fully saturated rings. The predicted molar refractivity (Wildman–Crippen MR) is 68.7 cm³/mol. The third-order valence-electron chi connectivity index (χ3n) is 2.72. The zero-order valence-corrected chi connectivity index (χ0v) is 9.63. The summed E-state index contributed by atoms with van der Waals surface area (Å²) in [6.07, 6.45) is 0. The quantitative estimate of drug-likeness (QED) is 0.644. The van der Waals surface area contributed by atoms with Crippen molar-refractivity contribution in [2.45, 2.75) is 0 Å². The van der Waals surface area contributed by atoms with E-state index in [1.165, 1.54) is 12.1 Å². The Morgan fingerprint density at radius 3 is 2.71 bits per heavy atom. The van der Waals surface area contributed by atoms with Crippen LogP contribution in [0.15, 0.2) is 48.5 Å². The van der Waals surface area contributed by atoms with Crippen LogP contribution in [0.5, 0.6) is 0 Å². The molecule has 0 bridgehead atoms. The molecule has 1 nitrogen and oxygen atoms in total. The normalized spacial score (nSPS) is 10.9. The summed E-state index contributed by atoms with van der Waals surface area (Å²) in [5.74, 6) is -0.237. The predicted octanol–water partition coefficient (Wildman–Crippen LogP) is 4.63. The van der Waals surface area contributed by atoms with Crippen molar-refractivity contribution in [3.8, 4) is 11.3 Å². The Balaban J connectivity index is 2.18. The molecule has 0 aliphatic heterocycles. The zero-order valence-electron chi connectivity index (χ0n) is 8.87. The van der Waals surface area contributed by atoms with Crippen LogP contribution >= 0.6 is 11.6 Å². The highest BCUT2D eigenvalue weighted by Crippen LogP contribution is 2.26. The molecule has 0 aliphatic rings. The maximum atomic E-state index is 13.1. The van der Waals surface area contributed by atoms with E-state index in [1.54, 1.807) is 6.07 Å². The molecule has 3 rings (SSSR count). The molecular weight excluding hydrogens is 237 g/mol. The standard InChI is InChI=1S/C14H9ClFN/c15-11-4-5-13-10(6-11)8-14(17-13)9-2-1-3-12(16)7-9/h1-8,17H. The number of hydrogen-bond donors (Lipinski definition) is 1. The van der Waals surface area contributed by atoms with E-state index in [1.807, 2.05) is 30.3 Å². The number of H-pyrrole nitrogens is 1. The molecule has 1 aromatic heterocycles. The van der Waals surface area contributed by atoms with E-state index in [-0.39, 0.29) is 5.82 Å². The van der Waals surface area contributed by atoms with E-state index in [4.69, 9.17) is 11.6 Å². The minimum atomic E-state index is -0.237. The number of hydrogen-bond acceptors (Lipinski definition) is 0. The summed E-state index contributed by atoms with van der Waals surface area (Å²) < 4.78 is 13.1. The fraction of sp³-hybridized carbons (Fsp3) is 0. The van der Waals surface area contributed by atoms with Crippen LogP contribution in [0.1, 0.15) is 0 Å². The first kappa shape index (κ1) is 10.4. The van der Waals surface area contributed by atoms with Crippen LogP contribution in [-0.2, 0) is 0 Å². The van der Waals surface area contributed by atoms with Crippen molar-refractivity contribution in [2.75, 3.05) is 0 Å². The molecule has 0 amide bonds. The van der Waals surface area contributed by atoms with Gasteiger partial charge in [0.25, 0.3) is 0 Å². The van der Waals surface area contributed by atoms with E-state index >= 15 is 0 Å². The van der Waals surface area contributed by atoms with Crippen LogP contribution in [0.25, 0.3) is 22.2 Å². The monoisotopic (exact) mass is 245 g/mol. The van der Waals surface area contributed by atoms with Gasteiger partial charge < -0.3 is 4.98 Å². The maximum Gasteiger partial charge on any atom is 0.123 e. The summed E-state index contributed by atoms with van der Waals surface area (Å²) >= 11 is 5.93. The largest absolute Gasteiger partial charge is 0.355 e. The van der Waals surface area contributed by atoms with E-state index in [9.17, 15) is 4.39 Å². The van der Waals surface area contributed by atoms with Crippen molar-refractivity contribution >= 4 is 22.5 Å². The smallest absolute Gasteiger partial charge is 0.123 e. The van der Waals surface area contributed by atoms with Gasteiger partial charge in [0.15, 0.2) is 0 Å². The van der Waals surface area contributed by atoms with Crippen LogP contribution in [0.4, 0.5) is 4.39 Å². The molecule has 0 unspecified atom stereocenters. The Bertz CT molecular complexity index is 688. The number of halogens is 2. The highest BCUT2D eigenvalue weighted by atomic mass is 35.5. The molecule has 0 aliphatic carbocycles. The first-order valence-corrected chi connectivity index (χ1v) is 5.64. The van der Waals surface area contributed by atoms with Crippen LogP contribution in [0.2, 0.25) is 5.02 Å². The second-order valence-electron chi connectivity index (χ2n) is 3.92. The van der Waals surface area contributed by atoms with Crippen LogP contribution in [0.3, 0.4) is 0 Å². The van der Waals surface area contributed by atoms with E-state index < -0.39 is 0 Å². The van der Waals surface area contributed by atoms with Gasteiger partial charge in [0.1, 0.15) is 5.82 Å². The minimum Gasteiger partial charge on any atom is -0.355 e. The molecule has 0 radical (unpaired) electrons. The number of aromatic amines is 1. The van der Waals surface area contributed by atoms with Gasteiger partial charge in [-0.05, 0) is 36.4 Å². The molecule has 1 heterocycles. The Hall–Kier alpha value is -1.80. The maximum absolute atomic E-state index is 13.1. The zero-order chi connectivity index (χ0) is 11.8. The van der Waals surface area contributed by atoms with Crippen molar-refractivity contribution in [2.24, 2.45) is 0 Å². The lowest BCUT2D eigenvalue weighted by Crippen LogP contribution is -1.78. The molecule has 1 N–H and O–H groups in total. The Labute approximate surface area is 103 Å². The first-order valence-electron chi connectivity index (χ1n) is 5.26. The van der Waals surface area contributed by atoms with Gasteiger partial charge in [0.05, 0.1) is 0 Å². The van der Waals surface area contributed by atoms with Crippen molar-refractivity contribution < 1.29 is 4.39 Å². The highest BCUT2D eigenvalue weighted by Gasteiger charge is 2.04. The fourth-order valence-electron chi connectivity index (χ4n) is 1.92. The van der Waals surface area contributed by atoms with Gasteiger partial charge in [-0.25, -0.2) is 4.39 Å². The molecule has 0 saturated heterocycles. The third kappa shape index (κ3) is 1.92. The molecule has 2 aromatic carbocycles. The average molecular weight is 246 g/mol. The Morgan fingerprint density at radius 2 is 1.88 bits per heavy atom. The van der Waals surface area contributed by atoms with E-state index in [0.29, 0.717) is 5.02 Å². The van der Waals surface area contributed by atoms with Crippen molar-refractivity contribution in [3.05, 3.63) is 59.4 Å². The SMILES string of the molecule is Fc1cccc(-c2cc3cc(Cl)ccc3[nH]2)c1. The molecule has 0 spiro atoms. The second kappa shape index (κ2) is 3.90. The van der Waals surface area contributed by atoms with Crippen LogP contribution in [0, 0.1) is 5.82 Å². The van der Waals surface area contributed by atoms with Crippen LogP contribution < -0.4 is 0 Å². The summed E-state index contributed by atoms with van der Waals surface area (Å²) in [5.41, 5.74) is 2.72. The second-order valence-corrected chi connectivity index (χ2v) is 4.36. The molecule has 0 atom stereocenters. The average Bonchev–Trinajstić information content (AvgIpc) is 2.72. The summed E-state index contributed by atoms with van der Waals surface area (Å²) in [6, 6.07) is 14.1. The van der Waals surface area contributed by atoms with Gasteiger partial charge in [-0.3, -0.25) is 0 Å². The van der Waals surface area contributed by atoms with E-state index in [0.717, 1.165) is 22.2 Å². The Kier molecular flexibility index (Phi) is 2.37. The van der Waals surface area contributed by atoms with Crippen LogP contribution in [-0.4, -0.2) is 4.98 Å². The van der Waals surface area contributed by atoms with Gasteiger partial charge in [-0.2, -0.15) is 0 Å². The number of rotatable bonds is 1. The molecule has 3 heteroatoms. The topological polar surface area (TPSA) is 15.8 Å². The number of fused-ring (bicyclic) bond motifs is 1. The lowest BCUT2D eigenvalue weighted by atomic mass is 10.1. The van der Waals surface area contributed by atoms with Crippen molar-refractivity contribution in [3.63, 3.8) is 0 Å². The lowest BCUT2D eigenvalue weighted by Gasteiger charge is -1.96. The first-order chi connectivity index (χ1) is 8.22.